The van der Waals surface area contributed by atoms with Gasteiger partial charge in [-0.15, -0.1) is 0 Å². The molecule has 0 atom stereocenters. The molecule has 0 spiro atoms. The Labute approximate surface area is 132 Å². The van der Waals surface area contributed by atoms with Crippen molar-refractivity contribution in [3.8, 4) is 11.4 Å². The Morgan fingerprint density at radius 2 is 2.04 bits per heavy atom. The molecule has 3 rings (SSSR count). The lowest BCUT2D eigenvalue weighted by molar-refractivity contribution is -0.128. The second-order valence-electron chi connectivity index (χ2n) is 5.46. The van der Waals surface area contributed by atoms with Crippen LogP contribution in [0.1, 0.15) is 18.5 Å². The maximum atomic E-state index is 13.5. The predicted octanol–water partition coefficient (Wildman–Crippen LogP) is 1.93. The van der Waals surface area contributed by atoms with E-state index in [0.29, 0.717) is 17.1 Å². The highest BCUT2D eigenvalue weighted by Crippen LogP contribution is 2.23. The molecule has 0 radical (unpaired) electrons. The smallest absolute Gasteiger partial charge is 0.249 e. The Morgan fingerprint density at radius 1 is 1.26 bits per heavy atom. The van der Waals surface area contributed by atoms with Crippen molar-refractivity contribution in [3.05, 3.63) is 41.8 Å². The van der Waals surface area contributed by atoms with Crippen LogP contribution < -0.4 is 10.4 Å². The van der Waals surface area contributed by atoms with Crippen molar-refractivity contribution < 1.29 is 14.4 Å². The standard InChI is InChI=1S/C16H17FN4O2/c17-12-5-3-4-11(8-12)16-18-13(10-15(22)20-23)9-14(19-16)21-6-1-2-7-21/h3-5,8-9,23H,1-2,6-7,10H2,(H,20,22). The molecule has 1 amide bonds. The molecule has 0 bridgehead atoms. The molecular formula is C16H17FN4O2. The van der Waals surface area contributed by atoms with Crippen LogP contribution in [0.15, 0.2) is 30.3 Å². The molecule has 1 aromatic carbocycles. The van der Waals surface area contributed by atoms with Gasteiger partial charge in [-0.1, -0.05) is 12.1 Å². The van der Waals surface area contributed by atoms with Gasteiger partial charge in [0.2, 0.25) is 5.91 Å². The summed E-state index contributed by atoms with van der Waals surface area (Å²) in [5.74, 6) is 0.167. The second kappa shape index (κ2) is 6.70. The number of aromatic nitrogens is 2. The summed E-state index contributed by atoms with van der Waals surface area (Å²) in [5.41, 5.74) is 2.63. The van der Waals surface area contributed by atoms with E-state index in [2.05, 4.69) is 14.9 Å². The first-order valence-corrected chi connectivity index (χ1v) is 7.47. The third-order valence-corrected chi connectivity index (χ3v) is 3.74. The summed E-state index contributed by atoms with van der Waals surface area (Å²) < 4.78 is 13.5. The van der Waals surface area contributed by atoms with E-state index in [1.54, 1.807) is 23.7 Å². The Kier molecular flexibility index (Phi) is 4.47. The van der Waals surface area contributed by atoms with Crippen LogP contribution in [-0.4, -0.2) is 34.2 Å². The normalized spacial score (nSPS) is 14.1. The maximum absolute atomic E-state index is 13.5. The van der Waals surface area contributed by atoms with Crippen molar-refractivity contribution in [1.29, 1.82) is 0 Å². The van der Waals surface area contributed by atoms with E-state index in [-0.39, 0.29) is 12.2 Å². The van der Waals surface area contributed by atoms with Gasteiger partial charge in [-0.05, 0) is 25.0 Å². The van der Waals surface area contributed by atoms with Crippen molar-refractivity contribution in [3.63, 3.8) is 0 Å². The van der Waals surface area contributed by atoms with Crippen molar-refractivity contribution in [1.82, 2.24) is 15.4 Å². The number of nitrogens with zero attached hydrogens (tertiary/aromatic N) is 3. The van der Waals surface area contributed by atoms with E-state index >= 15 is 0 Å². The van der Waals surface area contributed by atoms with E-state index in [0.717, 1.165) is 31.7 Å². The van der Waals surface area contributed by atoms with Gasteiger partial charge in [-0.3, -0.25) is 10.0 Å². The van der Waals surface area contributed by atoms with Crippen LogP contribution in [-0.2, 0) is 11.2 Å². The number of hydrogen-bond donors (Lipinski definition) is 2. The highest BCUT2D eigenvalue weighted by Gasteiger charge is 2.17. The Hall–Kier alpha value is -2.54. The van der Waals surface area contributed by atoms with Crippen LogP contribution in [0.4, 0.5) is 10.2 Å². The highest BCUT2D eigenvalue weighted by molar-refractivity contribution is 5.77. The lowest BCUT2D eigenvalue weighted by atomic mass is 10.2. The lowest BCUT2D eigenvalue weighted by Gasteiger charge is -2.18. The van der Waals surface area contributed by atoms with Gasteiger partial charge < -0.3 is 4.90 Å². The summed E-state index contributed by atoms with van der Waals surface area (Å²) in [7, 11) is 0. The summed E-state index contributed by atoms with van der Waals surface area (Å²) >= 11 is 0. The number of nitrogens with one attached hydrogen (secondary N) is 1. The number of anilines is 1. The summed E-state index contributed by atoms with van der Waals surface area (Å²) in [4.78, 5) is 22.4. The largest absolute Gasteiger partial charge is 0.356 e. The molecule has 2 aromatic rings. The number of amides is 1. The topological polar surface area (TPSA) is 78.4 Å². The zero-order valence-electron chi connectivity index (χ0n) is 12.5. The van der Waals surface area contributed by atoms with E-state index < -0.39 is 5.91 Å². The van der Waals surface area contributed by atoms with Gasteiger partial charge >= 0.3 is 0 Å². The van der Waals surface area contributed by atoms with Crippen LogP contribution in [0.2, 0.25) is 0 Å². The fourth-order valence-corrected chi connectivity index (χ4v) is 2.64. The average Bonchev–Trinajstić information content (AvgIpc) is 3.09. The van der Waals surface area contributed by atoms with E-state index in [4.69, 9.17) is 5.21 Å². The molecule has 2 heterocycles. The first-order valence-electron chi connectivity index (χ1n) is 7.47. The second-order valence-corrected chi connectivity index (χ2v) is 5.46. The number of benzene rings is 1. The van der Waals surface area contributed by atoms with Gasteiger partial charge in [0.05, 0.1) is 12.1 Å². The molecule has 7 heteroatoms. The lowest BCUT2D eigenvalue weighted by Crippen LogP contribution is -2.23. The van der Waals surface area contributed by atoms with Gasteiger partial charge in [0, 0.05) is 24.7 Å². The number of carbonyl (C=O) groups excluding carboxylic acids is 1. The fourth-order valence-electron chi connectivity index (χ4n) is 2.64. The molecule has 1 aliphatic rings. The molecule has 23 heavy (non-hydrogen) atoms. The minimum absolute atomic E-state index is 0.0673. The zero-order chi connectivity index (χ0) is 16.2. The number of rotatable bonds is 4. The van der Waals surface area contributed by atoms with Crippen LogP contribution in [0, 0.1) is 5.82 Å². The van der Waals surface area contributed by atoms with Crippen LogP contribution in [0.25, 0.3) is 11.4 Å². The van der Waals surface area contributed by atoms with Crippen LogP contribution >= 0.6 is 0 Å². The van der Waals surface area contributed by atoms with Crippen LogP contribution in [0.5, 0.6) is 0 Å². The highest BCUT2D eigenvalue weighted by atomic mass is 19.1. The Balaban J connectivity index is 2.01. The molecule has 1 aromatic heterocycles. The van der Waals surface area contributed by atoms with E-state index in [1.165, 1.54) is 12.1 Å². The summed E-state index contributed by atoms with van der Waals surface area (Å²) in [5, 5.41) is 8.70. The van der Waals surface area contributed by atoms with Crippen molar-refractivity contribution in [2.75, 3.05) is 18.0 Å². The quantitative estimate of drug-likeness (QED) is 0.666. The summed E-state index contributed by atoms with van der Waals surface area (Å²) in [6.45, 7) is 1.79. The van der Waals surface area contributed by atoms with Crippen molar-refractivity contribution in [2.45, 2.75) is 19.3 Å². The zero-order valence-corrected chi connectivity index (χ0v) is 12.5. The fraction of sp³-hybridized carbons (Fsp3) is 0.312. The molecule has 0 aliphatic carbocycles. The van der Waals surface area contributed by atoms with Gasteiger partial charge in [0.1, 0.15) is 11.6 Å². The maximum Gasteiger partial charge on any atom is 0.249 e. The molecule has 0 saturated carbocycles. The molecule has 1 aliphatic heterocycles. The number of hydroxylamine groups is 1. The number of hydrogen-bond acceptors (Lipinski definition) is 5. The monoisotopic (exact) mass is 316 g/mol. The molecular weight excluding hydrogens is 299 g/mol. The molecule has 120 valence electrons. The summed E-state index contributed by atoms with van der Waals surface area (Å²) in [6, 6.07) is 7.77. The number of carbonyl (C=O) groups is 1. The van der Waals surface area contributed by atoms with Crippen LogP contribution in [0.3, 0.4) is 0 Å². The third kappa shape index (κ3) is 3.62. The number of halogens is 1. The first kappa shape index (κ1) is 15.4. The van der Waals surface area contributed by atoms with Gasteiger partial charge in [0.25, 0.3) is 0 Å². The molecule has 2 N–H and O–H groups in total. The molecule has 1 fully saturated rings. The molecule has 0 unspecified atom stereocenters. The van der Waals surface area contributed by atoms with Gasteiger partial charge in [-0.2, -0.15) is 0 Å². The van der Waals surface area contributed by atoms with E-state index in [9.17, 15) is 9.18 Å². The average molecular weight is 316 g/mol. The molecule has 1 saturated heterocycles. The minimum Gasteiger partial charge on any atom is -0.356 e. The molecule has 6 nitrogen and oxygen atoms in total. The van der Waals surface area contributed by atoms with Crippen molar-refractivity contribution >= 4 is 11.7 Å². The minimum atomic E-state index is -0.554. The Morgan fingerprint density at radius 3 is 2.74 bits per heavy atom. The van der Waals surface area contributed by atoms with Gasteiger partial charge in [-0.25, -0.2) is 19.8 Å². The van der Waals surface area contributed by atoms with Gasteiger partial charge in [0.15, 0.2) is 5.82 Å². The SMILES string of the molecule is O=C(Cc1cc(N2CCCC2)nc(-c2cccc(F)c2)n1)NO. The Bertz CT molecular complexity index is 717. The van der Waals surface area contributed by atoms with E-state index in [1.807, 2.05) is 0 Å². The van der Waals surface area contributed by atoms with Crippen molar-refractivity contribution in [2.24, 2.45) is 0 Å². The predicted molar refractivity (Wildman–Crippen MR) is 82.5 cm³/mol. The summed E-state index contributed by atoms with van der Waals surface area (Å²) in [6.07, 6.45) is 2.11. The third-order valence-electron chi connectivity index (χ3n) is 3.74. The first-order chi connectivity index (χ1) is 11.2.